The third-order valence-electron chi connectivity index (χ3n) is 3.94. The molecule has 0 aliphatic rings. The molecule has 0 atom stereocenters. The van der Waals surface area contributed by atoms with Crippen molar-refractivity contribution in [3.63, 3.8) is 0 Å². The summed E-state index contributed by atoms with van der Waals surface area (Å²) >= 11 is 0. The van der Waals surface area contributed by atoms with Crippen molar-refractivity contribution < 1.29 is 19.8 Å². The highest BCUT2D eigenvalue weighted by molar-refractivity contribution is 6.38. The molecule has 0 aliphatic heterocycles. The number of benzene rings is 2. The van der Waals surface area contributed by atoms with Gasteiger partial charge in [-0.1, -0.05) is 42.5 Å². The van der Waals surface area contributed by atoms with Crippen molar-refractivity contribution in [2.24, 2.45) is 0 Å². The van der Waals surface area contributed by atoms with Crippen LogP contribution in [0, 0.1) is 0 Å². The molecule has 2 aromatic carbocycles. The Labute approximate surface area is 148 Å². The molecule has 1 aromatic heterocycles. The number of hydrogen-bond donors (Lipinski definition) is 2. The Hall–Kier alpha value is -3.67. The van der Waals surface area contributed by atoms with Crippen molar-refractivity contribution in [2.75, 3.05) is 0 Å². The van der Waals surface area contributed by atoms with Gasteiger partial charge in [-0.2, -0.15) is 0 Å². The first-order chi connectivity index (χ1) is 12.5. The van der Waals surface area contributed by atoms with Gasteiger partial charge in [0, 0.05) is 24.2 Å². The Morgan fingerprint density at radius 1 is 0.962 bits per heavy atom. The molecule has 0 saturated carbocycles. The molecule has 1 heterocycles. The van der Waals surface area contributed by atoms with Crippen LogP contribution in [0.4, 0.5) is 0 Å². The number of carbonyl (C=O) groups excluding carboxylic acids is 1. The van der Waals surface area contributed by atoms with Crippen LogP contribution >= 0.6 is 0 Å². The molecule has 26 heavy (non-hydrogen) atoms. The molecule has 0 aliphatic carbocycles. The lowest BCUT2D eigenvalue weighted by Gasteiger charge is -2.13. The maximum atomic E-state index is 12.7. The summed E-state index contributed by atoms with van der Waals surface area (Å²) in [4.78, 5) is 34.7. The minimum atomic E-state index is -1.71. The predicted molar refractivity (Wildman–Crippen MR) is 97.0 cm³/mol. The molecule has 0 radical (unpaired) electrons. The molecule has 0 fully saturated rings. The maximum Gasteiger partial charge on any atom is 0.376 e. The Kier molecular flexibility index (Phi) is 4.66. The van der Waals surface area contributed by atoms with E-state index >= 15 is 0 Å². The number of hydrogen-bond acceptors (Lipinski definition) is 4. The first kappa shape index (κ1) is 17.2. The normalized spacial score (nSPS) is 11.5. The fourth-order valence-electron chi connectivity index (χ4n) is 2.70. The lowest BCUT2D eigenvalue weighted by Crippen LogP contribution is -2.16. The molecule has 0 spiro atoms. The van der Waals surface area contributed by atoms with Crippen LogP contribution in [0.3, 0.4) is 0 Å². The van der Waals surface area contributed by atoms with Gasteiger partial charge in [-0.05, 0) is 17.7 Å². The molecular formula is C20H15NO5. The van der Waals surface area contributed by atoms with Crippen LogP contribution in [0.5, 0.6) is 0 Å². The summed E-state index contributed by atoms with van der Waals surface area (Å²) in [6, 6.07) is 16.4. The molecular weight excluding hydrogens is 334 g/mol. The number of para-hydroxylation sites is 1. The van der Waals surface area contributed by atoms with Crippen molar-refractivity contribution in [1.29, 1.82) is 0 Å². The Bertz CT molecular complexity index is 1080. The zero-order valence-electron chi connectivity index (χ0n) is 13.6. The molecule has 6 nitrogen and oxygen atoms in total. The van der Waals surface area contributed by atoms with Crippen LogP contribution in [0.25, 0.3) is 16.7 Å². The lowest BCUT2D eigenvalue weighted by molar-refractivity contribution is -0.146. The quantitative estimate of drug-likeness (QED) is 0.419. The van der Waals surface area contributed by atoms with Gasteiger partial charge in [0.2, 0.25) is 0 Å². The number of carboxylic acid groups (broad SMARTS) is 1. The third-order valence-corrected chi connectivity index (χ3v) is 3.94. The number of nitrogens with zero attached hydrogens (tertiary/aromatic N) is 1. The van der Waals surface area contributed by atoms with E-state index in [1.807, 2.05) is 30.3 Å². The second kappa shape index (κ2) is 7.06. The summed E-state index contributed by atoms with van der Waals surface area (Å²) in [5, 5.41) is 19.2. The number of pyridine rings is 1. The van der Waals surface area contributed by atoms with E-state index in [-0.39, 0.29) is 5.56 Å². The van der Waals surface area contributed by atoms with Gasteiger partial charge in [0.15, 0.2) is 5.43 Å². The summed E-state index contributed by atoms with van der Waals surface area (Å²) in [5.41, 5.74) is 1.05. The van der Waals surface area contributed by atoms with Crippen LogP contribution in [-0.2, 0) is 16.1 Å². The average molecular weight is 349 g/mol. The number of rotatable bonds is 5. The second-order valence-electron chi connectivity index (χ2n) is 5.70. The number of aliphatic hydroxyl groups excluding tert-OH is 1. The van der Waals surface area contributed by atoms with Crippen LogP contribution < -0.4 is 5.43 Å². The minimum absolute atomic E-state index is 0.130. The van der Waals surface area contributed by atoms with Gasteiger partial charge >= 0.3 is 5.97 Å². The highest BCUT2D eigenvalue weighted by atomic mass is 16.4. The lowest BCUT2D eigenvalue weighted by atomic mass is 10.1. The topological polar surface area (TPSA) is 96.6 Å². The van der Waals surface area contributed by atoms with Gasteiger partial charge in [-0.3, -0.25) is 9.59 Å². The van der Waals surface area contributed by atoms with Crippen LogP contribution in [0.15, 0.2) is 71.7 Å². The number of aromatic nitrogens is 1. The van der Waals surface area contributed by atoms with E-state index in [0.717, 1.165) is 5.56 Å². The highest BCUT2D eigenvalue weighted by Crippen LogP contribution is 2.17. The van der Waals surface area contributed by atoms with Crippen LogP contribution in [0.1, 0.15) is 11.1 Å². The number of aliphatic hydroxyl groups is 1. The summed E-state index contributed by atoms with van der Waals surface area (Å²) in [6.07, 6.45) is 1.97. The minimum Gasteiger partial charge on any atom is -0.507 e. The monoisotopic (exact) mass is 349 g/mol. The van der Waals surface area contributed by atoms with E-state index in [1.54, 1.807) is 28.8 Å². The Balaban J connectivity index is 2.19. The Morgan fingerprint density at radius 3 is 2.31 bits per heavy atom. The largest absolute Gasteiger partial charge is 0.507 e. The molecule has 0 bridgehead atoms. The molecule has 0 amide bonds. The summed E-state index contributed by atoms with van der Waals surface area (Å²) < 4.78 is 1.77. The highest BCUT2D eigenvalue weighted by Gasteiger charge is 2.15. The van der Waals surface area contributed by atoms with Crippen molar-refractivity contribution in [2.45, 2.75) is 6.54 Å². The fourth-order valence-corrected chi connectivity index (χ4v) is 2.70. The fraction of sp³-hybridized carbons (Fsp3) is 0.0500. The van der Waals surface area contributed by atoms with Crippen molar-refractivity contribution in [3.8, 4) is 0 Å². The average Bonchev–Trinajstić information content (AvgIpc) is 2.64. The van der Waals surface area contributed by atoms with Gasteiger partial charge in [0.1, 0.15) is 5.76 Å². The zero-order valence-corrected chi connectivity index (χ0v) is 13.6. The number of aliphatic carboxylic acids is 1. The second-order valence-corrected chi connectivity index (χ2v) is 5.70. The molecule has 130 valence electrons. The standard InChI is InChI=1S/C20H15NO5/c22-17(10-18(23)20(25)26)15-12-21(11-13-6-2-1-3-7-13)16-9-5-4-8-14(16)19(15)24/h1-10,12,22H,11H2,(H,25,26)/b17-10-. The SMILES string of the molecule is O=C(O)C(=O)/C=C(\O)c1cn(Cc2ccccc2)c2ccccc2c1=O. The van der Waals surface area contributed by atoms with Crippen LogP contribution in [-0.4, -0.2) is 26.5 Å². The van der Waals surface area contributed by atoms with Gasteiger partial charge < -0.3 is 14.8 Å². The summed E-state index contributed by atoms with van der Waals surface area (Å²) in [5.74, 6) is -3.68. The molecule has 2 N–H and O–H groups in total. The van der Waals surface area contributed by atoms with E-state index in [2.05, 4.69) is 0 Å². The van der Waals surface area contributed by atoms with Crippen molar-refractivity contribution >= 4 is 28.4 Å². The predicted octanol–water partition coefficient (Wildman–Crippen LogP) is 2.60. The summed E-state index contributed by atoms with van der Waals surface area (Å²) in [6.45, 7) is 0.439. The van der Waals surface area contributed by atoms with Crippen molar-refractivity contribution in [1.82, 2.24) is 4.57 Å². The molecule has 0 saturated heterocycles. The Morgan fingerprint density at radius 2 is 1.62 bits per heavy atom. The number of fused-ring (bicyclic) bond motifs is 1. The number of carbonyl (C=O) groups is 2. The first-order valence-electron chi connectivity index (χ1n) is 7.82. The van der Waals surface area contributed by atoms with E-state index in [9.17, 15) is 19.5 Å². The molecule has 3 aromatic rings. The van der Waals surface area contributed by atoms with Gasteiger partial charge in [-0.15, -0.1) is 0 Å². The summed E-state index contributed by atoms with van der Waals surface area (Å²) in [7, 11) is 0. The van der Waals surface area contributed by atoms with E-state index in [4.69, 9.17) is 5.11 Å². The molecule has 3 rings (SSSR count). The van der Waals surface area contributed by atoms with Gasteiger partial charge in [0.25, 0.3) is 5.78 Å². The van der Waals surface area contributed by atoms with Crippen molar-refractivity contribution in [3.05, 3.63) is 88.2 Å². The smallest absolute Gasteiger partial charge is 0.376 e. The third kappa shape index (κ3) is 3.39. The molecule has 0 unspecified atom stereocenters. The molecule has 6 heteroatoms. The van der Waals surface area contributed by atoms with Gasteiger partial charge in [-0.25, -0.2) is 4.79 Å². The van der Waals surface area contributed by atoms with E-state index in [1.165, 1.54) is 6.20 Å². The maximum absolute atomic E-state index is 12.7. The van der Waals surface area contributed by atoms with E-state index in [0.29, 0.717) is 23.5 Å². The zero-order chi connectivity index (χ0) is 18.7. The first-order valence-corrected chi connectivity index (χ1v) is 7.82. The van der Waals surface area contributed by atoms with Gasteiger partial charge in [0.05, 0.1) is 11.1 Å². The number of ketones is 1. The number of carboxylic acids is 1. The van der Waals surface area contributed by atoms with Crippen LogP contribution in [0.2, 0.25) is 0 Å². The van der Waals surface area contributed by atoms with E-state index < -0.39 is 22.9 Å².